The Kier molecular flexibility index (Phi) is 9.23. The van der Waals surface area contributed by atoms with Crippen molar-refractivity contribution in [2.75, 3.05) is 38.3 Å². The minimum atomic E-state index is -4.57. The van der Waals surface area contributed by atoms with E-state index in [-0.39, 0.29) is 30.1 Å². The van der Waals surface area contributed by atoms with E-state index in [1.807, 2.05) is 0 Å². The average molecular weight is 488 g/mol. The van der Waals surface area contributed by atoms with Crippen LogP contribution in [0.2, 0.25) is 0 Å². The second kappa shape index (κ2) is 11.7. The molecule has 0 aliphatic carbocycles. The van der Waals surface area contributed by atoms with Gasteiger partial charge in [-0.05, 0) is 23.8 Å². The standard InChI is InChI=1S/C21H23F3N2O6S/c1-14(22)19-15(6-4-8-17(19)32-11-10-30-2)13-33(28,29)26(12-18(23)24)16-7-5-9-25-20(16)21(27)31-3/h4-9,18H,1,10-13H2,2-3H3. The van der Waals surface area contributed by atoms with Crippen LogP contribution in [0.1, 0.15) is 21.6 Å². The van der Waals surface area contributed by atoms with E-state index in [0.29, 0.717) is 4.31 Å². The fraction of sp³-hybridized carbons (Fsp3) is 0.333. The zero-order valence-electron chi connectivity index (χ0n) is 18.0. The summed E-state index contributed by atoms with van der Waals surface area (Å²) in [4.78, 5) is 15.8. The van der Waals surface area contributed by atoms with Gasteiger partial charge < -0.3 is 14.2 Å². The number of benzene rings is 1. The van der Waals surface area contributed by atoms with Gasteiger partial charge in [0.25, 0.3) is 6.43 Å². The van der Waals surface area contributed by atoms with E-state index in [1.54, 1.807) is 0 Å². The SMILES string of the molecule is C=C(F)c1c(CS(=O)(=O)N(CC(F)F)c2cccnc2C(=O)OC)cccc1OCCOC. The maximum absolute atomic E-state index is 14.3. The van der Waals surface area contributed by atoms with Crippen LogP contribution in [0.5, 0.6) is 5.75 Å². The van der Waals surface area contributed by atoms with Crippen LogP contribution in [-0.2, 0) is 25.2 Å². The summed E-state index contributed by atoms with van der Waals surface area (Å²) < 4.78 is 82.7. The highest BCUT2D eigenvalue weighted by Crippen LogP contribution is 2.33. The van der Waals surface area contributed by atoms with Crippen molar-refractivity contribution in [1.29, 1.82) is 0 Å². The topological polar surface area (TPSA) is 95.0 Å². The molecule has 0 saturated carbocycles. The molecule has 8 nitrogen and oxygen atoms in total. The van der Waals surface area contributed by atoms with Crippen LogP contribution in [0.4, 0.5) is 18.9 Å². The molecular weight excluding hydrogens is 465 g/mol. The number of nitrogens with zero attached hydrogens (tertiary/aromatic N) is 2. The van der Waals surface area contributed by atoms with Gasteiger partial charge in [-0.2, -0.15) is 0 Å². The quantitative estimate of drug-likeness (QED) is 0.334. The van der Waals surface area contributed by atoms with Crippen molar-refractivity contribution in [3.8, 4) is 5.75 Å². The van der Waals surface area contributed by atoms with Crippen LogP contribution >= 0.6 is 0 Å². The first-order valence-electron chi connectivity index (χ1n) is 9.52. The van der Waals surface area contributed by atoms with Crippen molar-refractivity contribution in [1.82, 2.24) is 4.98 Å². The smallest absolute Gasteiger partial charge is 0.358 e. The average Bonchev–Trinajstić information content (AvgIpc) is 2.76. The summed E-state index contributed by atoms with van der Waals surface area (Å²) in [6, 6.07) is 6.60. The highest BCUT2D eigenvalue weighted by molar-refractivity contribution is 7.92. The minimum Gasteiger partial charge on any atom is -0.490 e. The molecule has 0 spiro atoms. The maximum atomic E-state index is 14.3. The first kappa shape index (κ1) is 26.1. The number of anilines is 1. The Bertz CT molecular complexity index is 1100. The van der Waals surface area contributed by atoms with Crippen molar-refractivity contribution in [2.24, 2.45) is 0 Å². The van der Waals surface area contributed by atoms with Crippen LogP contribution in [0.25, 0.3) is 5.83 Å². The fourth-order valence-corrected chi connectivity index (χ4v) is 4.55. The first-order chi connectivity index (χ1) is 15.6. The Balaban J connectivity index is 2.54. The molecule has 0 N–H and O–H groups in total. The molecule has 0 atom stereocenters. The molecular formula is C21H23F3N2O6S. The number of alkyl halides is 2. The molecule has 2 aromatic rings. The Morgan fingerprint density at radius 1 is 1.18 bits per heavy atom. The number of halogens is 3. The Morgan fingerprint density at radius 2 is 1.91 bits per heavy atom. The molecule has 1 aromatic carbocycles. The van der Waals surface area contributed by atoms with Gasteiger partial charge in [0.1, 0.15) is 18.2 Å². The number of ether oxygens (including phenoxy) is 3. The zero-order valence-corrected chi connectivity index (χ0v) is 18.8. The molecule has 0 aliphatic heterocycles. The predicted molar refractivity (Wildman–Crippen MR) is 116 cm³/mol. The molecule has 0 radical (unpaired) electrons. The zero-order chi connectivity index (χ0) is 24.6. The van der Waals surface area contributed by atoms with Crippen molar-refractivity contribution in [3.05, 3.63) is 59.9 Å². The van der Waals surface area contributed by atoms with E-state index < -0.39 is 51.9 Å². The molecule has 1 heterocycles. The number of carbonyl (C=O) groups is 1. The summed E-state index contributed by atoms with van der Waals surface area (Å²) in [5.74, 6) is -2.84. The van der Waals surface area contributed by atoms with Gasteiger partial charge >= 0.3 is 5.97 Å². The largest absolute Gasteiger partial charge is 0.490 e. The summed E-state index contributed by atoms with van der Waals surface area (Å²) in [6.07, 6.45) is -1.89. The number of methoxy groups -OCH3 is 2. The highest BCUT2D eigenvalue weighted by Gasteiger charge is 2.31. The summed E-state index contributed by atoms with van der Waals surface area (Å²) >= 11 is 0. The summed E-state index contributed by atoms with van der Waals surface area (Å²) in [5.41, 5.74) is -1.14. The number of pyridine rings is 1. The number of hydrogen-bond acceptors (Lipinski definition) is 7. The predicted octanol–water partition coefficient (Wildman–Crippen LogP) is 3.44. The molecule has 0 aliphatic rings. The van der Waals surface area contributed by atoms with Gasteiger partial charge in [0.15, 0.2) is 5.69 Å². The van der Waals surface area contributed by atoms with Gasteiger partial charge in [-0.3, -0.25) is 4.31 Å². The second-order valence-electron chi connectivity index (χ2n) is 6.58. The summed E-state index contributed by atoms with van der Waals surface area (Å²) in [7, 11) is -2.08. The number of sulfonamides is 1. The molecule has 2 rings (SSSR count). The maximum Gasteiger partial charge on any atom is 0.358 e. The molecule has 180 valence electrons. The normalized spacial score (nSPS) is 11.3. The van der Waals surface area contributed by atoms with Crippen LogP contribution in [0.3, 0.4) is 0 Å². The second-order valence-corrected chi connectivity index (χ2v) is 8.47. The lowest BCUT2D eigenvalue weighted by atomic mass is 10.1. The van der Waals surface area contributed by atoms with Crippen LogP contribution in [0.15, 0.2) is 43.1 Å². The van der Waals surface area contributed by atoms with E-state index in [1.165, 1.54) is 37.6 Å². The van der Waals surface area contributed by atoms with E-state index in [9.17, 15) is 26.4 Å². The fourth-order valence-electron chi connectivity index (χ4n) is 2.97. The van der Waals surface area contributed by atoms with E-state index in [2.05, 4.69) is 16.3 Å². The molecule has 0 bridgehead atoms. The lowest BCUT2D eigenvalue weighted by molar-refractivity contribution is 0.0594. The van der Waals surface area contributed by atoms with Crippen LogP contribution in [0, 0.1) is 0 Å². The Hall–Kier alpha value is -3.12. The van der Waals surface area contributed by atoms with E-state index in [0.717, 1.165) is 13.2 Å². The summed E-state index contributed by atoms with van der Waals surface area (Å²) in [5, 5.41) is 0. The van der Waals surface area contributed by atoms with Gasteiger partial charge in [-0.1, -0.05) is 18.7 Å². The van der Waals surface area contributed by atoms with Gasteiger partial charge in [0.2, 0.25) is 10.0 Å². The van der Waals surface area contributed by atoms with Gasteiger partial charge in [-0.25, -0.2) is 31.4 Å². The van der Waals surface area contributed by atoms with Gasteiger partial charge in [-0.15, -0.1) is 0 Å². The van der Waals surface area contributed by atoms with Crippen molar-refractivity contribution >= 4 is 27.5 Å². The van der Waals surface area contributed by atoms with Crippen LogP contribution in [-0.4, -0.2) is 59.8 Å². The summed E-state index contributed by atoms with van der Waals surface area (Å²) in [6.45, 7) is 2.22. The third kappa shape index (κ3) is 6.68. The molecule has 33 heavy (non-hydrogen) atoms. The lowest BCUT2D eigenvalue weighted by Crippen LogP contribution is -2.37. The van der Waals surface area contributed by atoms with Gasteiger partial charge in [0, 0.05) is 13.3 Å². The van der Waals surface area contributed by atoms with E-state index >= 15 is 0 Å². The van der Waals surface area contributed by atoms with Crippen molar-refractivity contribution in [2.45, 2.75) is 12.2 Å². The molecule has 0 amide bonds. The molecule has 1 aromatic heterocycles. The third-order valence-corrected chi connectivity index (χ3v) is 6.03. The molecule has 0 fully saturated rings. The molecule has 0 unspecified atom stereocenters. The highest BCUT2D eigenvalue weighted by atomic mass is 32.2. The first-order valence-corrected chi connectivity index (χ1v) is 11.1. The van der Waals surface area contributed by atoms with Gasteiger partial charge in [0.05, 0.1) is 37.3 Å². The lowest BCUT2D eigenvalue weighted by Gasteiger charge is -2.26. The van der Waals surface area contributed by atoms with Crippen molar-refractivity contribution in [3.63, 3.8) is 0 Å². The van der Waals surface area contributed by atoms with Crippen molar-refractivity contribution < 1.29 is 40.6 Å². The van der Waals surface area contributed by atoms with E-state index in [4.69, 9.17) is 9.47 Å². The molecule has 12 heteroatoms. The number of aromatic nitrogens is 1. The number of esters is 1. The number of hydrogen-bond donors (Lipinski definition) is 0. The number of rotatable bonds is 12. The minimum absolute atomic E-state index is 0.0179. The monoisotopic (exact) mass is 488 g/mol. The number of carbonyl (C=O) groups excluding carboxylic acids is 1. The van der Waals surface area contributed by atoms with Crippen LogP contribution < -0.4 is 9.04 Å². The Labute approximate surface area is 189 Å². The Morgan fingerprint density at radius 3 is 2.52 bits per heavy atom. The molecule has 0 saturated heterocycles. The third-order valence-electron chi connectivity index (χ3n) is 4.34.